The highest BCUT2D eigenvalue weighted by Gasteiger charge is 2.23. The Morgan fingerprint density at radius 3 is 1.12 bits per heavy atom. The van der Waals surface area contributed by atoms with E-state index >= 15 is 0 Å². The molecule has 0 unspecified atom stereocenters. The molecule has 2 aromatic rings. The van der Waals surface area contributed by atoms with E-state index in [4.69, 9.17) is 0 Å². The summed E-state index contributed by atoms with van der Waals surface area (Å²) >= 11 is 0. The highest BCUT2D eigenvalue weighted by atomic mass is 19.1. The maximum atomic E-state index is 13.5. The fourth-order valence-electron chi connectivity index (χ4n) is 4.39. The molecule has 0 aliphatic heterocycles. The number of hydrogen-bond donors (Lipinski definition) is 0. The van der Waals surface area contributed by atoms with E-state index in [1.54, 1.807) is 24.3 Å². The molecule has 0 aromatic heterocycles. The summed E-state index contributed by atoms with van der Waals surface area (Å²) < 4.78 is 27.1. The van der Waals surface area contributed by atoms with Crippen molar-refractivity contribution in [1.29, 1.82) is 0 Å². The SMILES string of the molecule is Fc1ccc(C(=C2CCCC2)C(=C2CCCC2)c2ccc(F)cc2)cc1. The van der Waals surface area contributed by atoms with Gasteiger partial charge in [-0.3, -0.25) is 0 Å². The zero-order chi connectivity index (χ0) is 17.9. The minimum Gasteiger partial charge on any atom is -0.207 e. The van der Waals surface area contributed by atoms with Crippen LogP contribution in [-0.4, -0.2) is 0 Å². The van der Waals surface area contributed by atoms with Gasteiger partial charge in [0, 0.05) is 0 Å². The van der Waals surface area contributed by atoms with Crippen LogP contribution in [0.25, 0.3) is 11.1 Å². The van der Waals surface area contributed by atoms with Crippen molar-refractivity contribution in [2.45, 2.75) is 51.4 Å². The summed E-state index contributed by atoms with van der Waals surface area (Å²) in [5.74, 6) is -0.414. The molecular formula is C24H24F2. The lowest BCUT2D eigenvalue weighted by atomic mass is 9.84. The Hall–Kier alpha value is -2.22. The second kappa shape index (κ2) is 7.57. The van der Waals surface area contributed by atoms with Crippen molar-refractivity contribution in [1.82, 2.24) is 0 Å². The van der Waals surface area contributed by atoms with Gasteiger partial charge in [0.1, 0.15) is 11.6 Å². The summed E-state index contributed by atoms with van der Waals surface area (Å²) in [6.07, 6.45) is 9.26. The van der Waals surface area contributed by atoms with E-state index in [0.717, 1.165) is 36.8 Å². The van der Waals surface area contributed by atoms with Gasteiger partial charge < -0.3 is 0 Å². The van der Waals surface area contributed by atoms with Crippen LogP contribution >= 0.6 is 0 Å². The van der Waals surface area contributed by atoms with Gasteiger partial charge in [-0.05, 0) is 97.9 Å². The van der Waals surface area contributed by atoms with E-state index in [0.29, 0.717) is 0 Å². The minimum absolute atomic E-state index is 0.207. The fourth-order valence-corrected chi connectivity index (χ4v) is 4.39. The van der Waals surface area contributed by atoms with Gasteiger partial charge in [-0.1, -0.05) is 35.4 Å². The summed E-state index contributed by atoms with van der Waals surface area (Å²) in [7, 11) is 0. The van der Waals surface area contributed by atoms with Crippen molar-refractivity contribution in [2.24, 2.45) is 0 Å². The second-order valence-electron chi connectivity index (χ2n) is 7.39. The Morgan fingerprint density at radius 1 is 0.500 bits per heavy atom. The molecule has 2 saturated carbocycles. The van der Waals surface area contributed by atoms with Gasteiger partial charge >= 0.3 is 0 Å². The molecule has 2 fully saturated rings. The standard InChI is InChI=1S/C24H24F2/c25-21-13-9-19(10-14-21)23(17-5-1-2-6-17)24(18-7-3-4-8-18)20-11-15-22(26)16-12-20/h9-16H,1-8H2. The largest absolute Gasteiger partial charge is 0.207 e. The molecule has 4 rings (SSSR count). The highest BCUT2D eigenvalue weighted by Crippen LogP contribution is 2.44. The van der Waals surface area contributed by atoms with Crippen molar-refractivity contribution >= 4 is 11.1 Å². The average Bonchev–Trinajstić information content (AvgIpc) is 3.36. The van der Waals surface area contributed by atoms with Crippen LogP contribution in [0.15, 0.2) is 59.7 Å². The van der Waals surface area contributed by atoms with Gasteiger partial charge in [0.05, 0.1) is 0 Å². The number of halogens is 2. The molecular weight excluding hydrogens is 326 g/mol. The van der Waals surface area contributed by atoms with E-state index in [-0.39, 0.29) is 11.6 Å². The zero-order valence-corrected chi connectivity index (χ0v) is 15.0. The molecule has 2 heteroatoms. The predicted octanol–water partition coefficient (Wildman–Crippen LogP) is 7.32. The summed E-state index contributed by atoms with van der Waals surface area (Å²) in [5.41, 5.74) is 7.65. The Bertz CT molecular complexity index is 749. The molecule has 2 aliphatic rings. The summed E-state index contributed by atoms with van der Waals surface area (Å²) in [4.78, 5) is 0. The van der Waals surface area contributed by atoms with Crippen molar-refractivity contribution in [3.8, 4) is 0 Å². The molecule has 0 saturated heterocycles. The predicted molar refractivity (Wildman–Crippen MR) is 104 cm³/mol. The quantitative estimate of drug-likeness (QED) is 0.544. The lowest BCUT2D eigenvalue weighted by Crippen LogP contribution is -1.98. The molecule has 0 spiro atoms. The number of hydrogen-bond acceptors (Lipinski definition) is 0. The number of benzene rings is 2. The fraction of sp³-hybridized carbons (Fsp3) is 0.333. The van der Waals surface area contributed by atoms with Gasteiger partial charge in [0.25, 0.3) is 0 Å². The van der Waals surface area contributed by atoms with Gasteiger partial charge in [0.2, 0.25) is 0 Å². The number of rotatable bonds is 3. The molecule has 0 radical (unpaired) electrons. The molecule has 0 N–H and O–H groups in total. The third-order valence-electron chi connectivity index (χ3n) is 5.64. The van der Waals surface area contributed by atoms with Crippen LogP contribution < -0.4 is 0 Å². The molecule has 0 atom stereocenters. The summed E-state index contributed by atoms with van der Waals surface area (Å²) in [5, 5.41) is 0. The first-order chi connectivity index (χ1) is 12.7. The number of allylic oxidation sites excluding steroid dienone is 4. The monoisotopic (exact) mass is 350 g/mol. The Labute approximate surface area is 154 Å². The molecule has 0 bridgehead atoms. The van der Waals surface area contributed by atoms with E-state index in [1.165, 1.54) is 48.0 Å². The first-order valence-corrected chi connectivity index (χ1v) is 9.68. The Morgan fingerprint density at radius 2 is 0.808 bits per heavy atom. The Balaban J connectivity index is 1.93. The smallest absolute Gasteiger partial charge is 0.123 e. The second-order valence-corrected chi connectivity index (χ2v) is 7.39. The molecule has 2 aliphatic carbocycles. The third kappa shape index (κ3) is 3.51. The first kappa shape index (κ1) is 17.2. The van der Waals surface area contributed by atoms with Crippen LogP contribution in [0.4, 0.5) is 8.78 Å². The third-order valence-corrected chi connectivity index (χ3v) is 5.64. The van der Waals surface area contributed by atoms with E-state index in [1.807, 2.05) is 24.3 Å². The maximum Gasteiger partial charge on any atom is 0.123 e. The topological polar surface area (TPSA) is 0 Å². The Kier molecular flexibility index (Phi) is 5.01. The maximum absolute atomic E-state index is 13.5. The summed E-state index contributed by atoms with van der Waals surface area (Å²) in [6.45, 7) is 0. The first-order valence-electron chi connectivity index (χ1n) is 9.68. The van der Waals surface area contributed by atoms with Gasteiger partial charge in [-0.2, -0.15) is 0 Å². The van der Waals surface area contributed by atoms with Crippen LogP contribution in [0.5, 0.6) is 0 Å². The lowest BCUT2D eigenvalue weighted by Gasteiger charge is -2.20. The molecule has 0 heterocycles. The molecule has 134 valence electrons. The van der Waals surface area contributed by atoms with Crippen LogP contribution in [0.3, 0.4) is 0 Å². The van der Waals surface area contributed by atoms with Crippen LogP contribution in [0.2, 0.25) is 0 Å². The van der Waals surface area contributed by atoms with Crippen molar-refractivity contribution in [3.05, 3.63) is 82.4 Å². The van der Waals surface area contributed by atoms with E-state index in [9.17, 15) is 8.78 Å². The minimum atomic E-state index is -0.207. The van der Waals surface area contributed by atoms with Gasteiger partial charge in [-0.25, -0.2) is 8.78 Å². The normalized spacial score (nSPS) is 17.0. The van der Waals surface area contributed by atoms with Crippen molar-refractivity contribution < 1.29 is 8.78 Å². The van der Waals surface area contributed by atoms with Gasteiger partial charge in [0.15, 0.2) is 0 Å². The summed E-state index contributed by atoms with van der Waals surface area (Å²) in [6, 6.07) is 13.8. The zero-order valence-electron chi connectivity index (χ0n) is 15.0. The lowest BCUT2D eigenvalue weighted by molar-refractivity contribution is 0.627. The molecule has 2 aromatic carbocycles. The van der Waals surface area contributed by atoms with Crippen molar-refractivity contribution in [3.63, 3.8) is 0 Å². The highest BCUT2D eigenvalue weighted by molar-refractivity contribution is 6.07. The molecule has 0 nitrogen and oxygen atoms in total. The van der Waals surface area contributed by atoms with Crippen LogP contribution in [0, 0.1) is 11.6 Å². The average molecular weight is 350 g/mol. The van der Waals surface area contributed by atoms with Crippen LogP contribution in [0.1, 0.15) is 62.5 Å². The van der Waals surface area contributed by atoms with E-state index in [2.05, 4.69) is 0 Å². The van der Waals surface area contributed by atoms with Gasteiger partial charge in [-0.15, -0.1) is 0 Å². The molecule has 0 amide bonds. The molecule has 26 heavy (non-hydrogen) atoms. The van der Waals surface area contributed by atoms with E-state index < -0.39 is 0 Å². The van der Waals surface area contributed by atoms with Crippen molar-refractivity contribution in [2.75, 3.05) is 0 Å². The van der Waals surface area contributed by atoms with Crippen LogP contribution in [-0.2, 0) is 0 Å².